The highest BCUT2D eigenvalue weighted by Gasteiger charge is 2.10. The lowest BCUT2D eigenvalue weighted by Gasteiger charge is -2.02. The van der Waals surface area contributed by atoms with Crippen LogP contribution >= 0.6 is 0 Å². The molecule has 0 bridgehead atoms. The molecule has 3 heteroatoms. The number of esters is 1. The summed E-state index contributed by atoms with van der Waals surface area (Å²) in [5.74, 6) is 5.63. The van der Waals surface area contributed by atoms with Crippen molar-refractivity contribution in [2.45, 2.75) is 26.7 Å². The molecule has 0 unspecified atom stereocenters. The van der Waals surface area contributed by atoms with Crippen LogP contribution in [0.5, 0.6) is 0 Å². The minimum atomic E-state index is -0.412. The lowest BCUT2D eigenvalue weighted by Crippen LogP contribution is -2.06. The first-order valence-electron chi connectivity index (χ1n) is 5.22. The van der Waals surface area contributed by atoms with Crippen LogP contribution in [0.2, 0.25) is 0 Å². The van der Waals surface area contributed by atoms with E-state index in [9.17, 15) is 4.79 Å². The van der Waals surface area contributed by atoms with E-state index < -0.39 is 5.97 Å². The van der Waals surface area contributed by atoms with Gasteiger partial charge in [0.25, 0.3) is 0 Å². The highest BCUT2D eigenvalue weighted by atomic mass is 16.5. The van der Waals surface area contributed by atoms with Crippen molar-refractivity contribution >= 4 is 5.97 Å². The molecule has 0 saturated carbocycles. The molecule has 84 valence electrons. The van der Waals surface area contributed by atoms with Crippen molar-refractivity contribution in [2.75, 3.05) is 7.11 Å². The van der Waals surface area contributed by atoms with Gasteiger partial charge in [-0.15, -0.1) is 0 Å². The molecule has 16 heavy (non-hydrogen) atoms. The fourth-order valence-corrected chi connectivity index (χ4v) is 1.24. The number of aromatic nitrogens is 1. The lowest BCUT2D eigenvalue weighted by molar-refractivity contribution is 0.0593. The molecule has 0 atom stereocenters. The standard InChI is InChI=1S/C13H15NO2/c1-4-5-6-7-11-8-10(2)12(14-9-11)13(15)16-3/h8-9H,4-5H2,1-3H3. The van der Waals surface area contributed by atoms with Crippen molar-refractivity contribution in [1.29, 1.82) is 0 Å². The van der Waals surface area contributed by atoms with E-state index in [0.29, 0.717) is 5.69 Å². The predicted molar refractivity (Wildman–Crippen MR) is 62.1 cm³/mol. The number of carbonyl (C=O) groups is 1. The van der Waals surface area contributed by atoms with Gasteiger partial charge in [-0.1, -0.05) is 18.8 Å². The Bertz CT molecular complexity index is 441. The van der Waals surface area contributed by atoms with Crippen LogP contribution in [0.4, 0.5) is 0 Å². The van der Waals surface area contributed by atoms with E-state index in [1.807, 2.05) is 13.0 Å². The van der Waals surface area contributed by atoms with Gasteiger partial charge in [0.1, 0.15) is 0 Å². The van der Waals surface area contributed by atoms with Crippen LogP contribution in [0.1, 0.15) is 41.4 Å². The fourth-order valence-electron chi connectivity index (χ4n) is 1.24. The summed E-state index contributed by atoms with van der Waals surface area (Å²) in [5, 5.41) is 0. The summed E-state index contributed by atoms with van der Waals surface area (Å²) in [5.41, 5.74) is 1.97. The molecule has 0 amide bonds. The summed E-state index contributed by atoms with van der Waals surface area (Å²) in [4.78, 5) is 15.3. The number of unbranched alkanes of at least 4 members (excludes halogenated alkanes) is 1. The molecule has 0 aromatic carbocycles. The molecule has 3 nitrogen and oxygen atoms in total. The average molecular weight is 217 g/mol. The number of hydrogen-bond donors (Lipinski definition) is 0. The number of rotatable bonds is 2. The Balaban J connectivity index is 2.92. The summed E-state index contributed by atoms with van der Waals surface area (Å²) < 4.78 is 4.62. The number of carbonyl (C=O) groups excluding carboxylic acids is 1. The fraction of sp³-hybridized carbons (Fsp3) is 0.385. The number of hydrogen-bond acceptors (Lipinski definition) is 3. The maximum atomic E-state index is 11.3. The maximum Gasteiger partial charge on any atom is 0.356 e. The van der Waals surface area contributed by atoms with Crippen molar-refractivity contribution in [2.24, 2.45) is 0 Å². The van der Waals surface area contributed by atoms with Crippen LogP contribution in [-0.2, 0) is 4.74 Å². The van der Waals surface area contributed by atoms with Crippen molar-refractivity contribution in [3.8, 4) is 11.8 Å². The Labute approximate surface area is 95.8 Å². The second-order valence-electron chi connectivity index (χ2n) is 3.43. The highest BCUT2D eigenvalue weighted by molar-refractivity contribution is 5.88. The molecule has 0 aliphatic heterocycles. The van der Waals surface area contributed by atoms with Gasteiger partial charge in [-0.05, 0) is 25.0 Å². The van der Waals surface area contributed by atoms with Crippen LogP contribution in [-0.4, -0.2) is 18.1 Å². The zero-order valence-electron chi connectivity index (χ0n) is 9.83. The van der Waals surface area contributed by atoms with Crippen molar-refractivity contribution < 1.29 is 9.53 Å². The second-order valence-corrected chi connectivity index (χ2v) is 3.43. The Hall–Kier alpha value is -1.82. The first-order chi connectivity index (χ1) is 7.69. The number of nitrogens with zero attached hydrogens (tertiary/aromatic N) is 1. The van der Waals surface area contributed by atoms with E-state index in [2.05, 4.69) is 28.5 Å². The monoisotopic (exact) mass is 217 g/mol. The summed E-state index contributed by atoms with van der Waals surface area (Å²) >= 11 is 0. The van der Waals surface area contributed by atoms with Gasteiger partial charge in [0.2, 0.25) is 0 Å². The van der Waals surface area contributed by atoms with Gasteiger partial charge in [0, 0.05) is 18.2 Å². The smallest absolute Gasteiger partial charge is 0.356 e. The van der Waals surface area contributed by atoms with Gasteiger partial charge in [0.05, 0.1) is 7.11 Å². The molecule has 1 aromatic rings. The van der Waals surface area contributed by atoms with Gasteiger partial charge in [-0.3, -0.25) is 0 Å². The summed E-state index contributed by atoms with van der Waals surface area (Å²) in [7, 11) is 1.35. The number of aryl methyl sites for hydroxylation is 1. The van der Waals surface area contributed by atoms with E-state index >= 15 is 0 Å². The summed E-state index contributed by atoms with van der Waals surface area (Å²) in [6, 6.07) is 1.85. The van der Waals surface area contributed by atoms with E-state index in [-0.39, 0.29) is 0 Å². The number of ether oxygens (including phenoxy) is 1. The third-order valence-electron chi connectivity index (χ3n) is 2.06. The molecule has 0 N–H and O–H groups in total. The Kier molecular flexibility index (Phi) is 4.53. The molecule has 1 aromatic heterocycles. The molecule has 1 rings (SSSR count). The van der Waals surface area contributed by atoms with Crippen LogP contribution < -0.4 is 0 Å². The Morgan fingerprint density at radius 1 is 1.56 bits per heavy atom. The minimum Gasteiger partial charge on any atom is -0.464 e. The van der Waals surface area contributed by atoms with E-state index in [4.69, 9.17) is 0 Å². The molecular formula is C13H15NO2. The second kappa shape index (κ2) is 5.92. The highest BCUT2D eigenvalue weighted by Crippen LogP contribution is 2.08. The van der Waals surface area contributed by atoms with E-state index in [1.54, 1.807) is 6.20 Å². The van der Waals surface area contributed by atoms with Crippen LogP contribution in [0, 0.1) is 18.8 Å². The Morgan fingerprint density at radius 3 is 2.88 bits per heavy atom. The maximum absolute atomic E-state index is 11.3. The lowest BCUT2D eigenvalue weighted by atomic mass is 10.1. The van der Waals surface area contributed by atoms with Crippen molar-refractivity contribution in [3.63, 3.8) is 0 Å². The van der Waals surface area contributed by atoms with E-state index in [0.717, 1.165) is 24.0 Å². The topological polar surface area (TPSA) is 39.2 Å². The third-order valence-corrected chi connectivity index (χ3v) is 2.06. The zero-order chi connectivity index (χ0) is 12.0. The van der Waals surface area contributed by atoms with Gasteiger partial charge < -0.3 is 4.74 Å². The minimum absolute atomic E-state index is 0.351. The van der Waals surface area contributed by atoms with Crippen molar-refractivity contribution in [1.82, 2.24) is 4.98 Å². The normalized spacial score (nSPS) is 9.19. The largest absolute Gasteiger partial charge is 0.464 e. The molecule has 0 fully saturated rings. The van der Waals surface area contributed by atoms with Crippen LogP contribution in [0.15, 0.2) is 12.3 Å². The zero-order valence-corrected chi connectivity index (χ0v) is 9.83. The Morgan fingerprint density at radius 2 is 2.31 bits per heavy atom. The van der Waals surface area contributed by atoms with Crippen LogP contribution in [0.25, 0.3) is 0 Å². The molecule has 0 aliphatic rings. The van der Waals surface area contributed by atoms with Crippen LogP contribution in [0.3, 0.4) is 0 Å². The van der Waals surface area contributed by atoms with Gasteiger partial charge in [-0.2, -0.15) is 0 Å². The molecule has 1 heterocycles. The SMILES string of the molecule is CCCC#Cc1cnc(C(=O)OC)c(C)c1. The quantitative estimate of drug-likeness (QED) is 0.563. The van der Waals surface area contributed by atoms with Gasteiger partial charge in [-0.25, -0.2) is 9.78 Å². The van der Waals surface area contributed by atoms with Gasteiger partial charge in [0.15, 0.2) is 5.69 Å². The summed E-state index contributed by atoms with van der Waals surface area (Å²) in [6.45, 7) is 3.91. The molecule has 0 radical (unpaired) electrons. The first-order valence-corrected chi connectivity index (χ1v) is 5.22. The molecule has 0 spiro atoms. The molecular weight excluding hydrogens is 202 g/mol. The molecule has 0 saturated heterocycles. The third kappa shape index (κ3) is 3.09. The predicted octanol–water partition coefficient (Wildman–Crippen LogP) is 2.33. The first kappa shape index (κ1) is 12.3. The van der Waals surface area contributed by atoms with E-state index in [1.165, 1.54) is 7.11 Å². The average Bonchev–Trinajstić information content (AvgIpc) is 2.29. The number of methoxy groups -OCH3 is 1. The molecule has 0 aliphatic carbocycles. The van der Waals surface area contributed by atoms with Crippen molar-refractivity contribution in [3.05, 3.63) is 29.1 Å². The van der Waals surface area contributed by atoms with Gasteiger partial charge >= 0.3 is 5.97 Å². The summed E-state index contributed by atoms with van der Waals surface area (Å²) in [6.07, 6.45) is 3.51. The number of pyridine rings is 1.